The molecule has 5 aromatic rings. The molecular formula is C31H31N5O3S. The van der Waals surface area contributed by atoms with E-state index in [0.29, 0.717) is 12.4 Å². The van der Waals surface area contributed by atoms with Gasteiger partial charge < -0.3 is 15.5 Å². The second-order valence-electron chi connectivity index (χ2n) is 9.79. The van der Waals surface area contributed by atoms with Gasteiger partial charge in [0.25, 0.3) is 6.47 Å². The predicted molar refractivity (Wildman–Crippen MR) is 158 cm³/mol. The molecule has 1 aliphatic rings. The van der Waals surface area contributed by atoms with E-state index in [1.54, 1.807) is 11.3 Å². The Balaban J connectivity index is 0.00000103. The number of aliphatic hydroxyl groups is 1. The zero-order chi connectivity index (χ0) is 27.7. The molecule has 0 aliphatic heterocycles. The van der Waals surface area contributed by atoms with Crippen molar-refractivity contribution in [3.05, 3.63) is 101 Å². The number of nitrogens with zero attached hydrogens (tertiary/aromatic N) is 4. The van der Waals surface area contributed by atoms with E-state index in [1.807, 2.05) is 30.6 Å². The fourth-order valence-corrected chi connectivity index (χ4v) is 5.96. The first-order valence-electron chi connectivity index (χ1n) is 13.3. The average molecular weight is 554 g/mol. The van der Waals surface area contributed by atoms with Crippen LogP contribution < -0.4 is 5.32 Å². The maximum atomic E-state index is 9.88. The predicted octanol–water partition coefficient (Wildman–Crippen LogP) is 5.75. The van der Waals surface area contributed by atoms with Crippen molar-refractivity contribution in [2.24, 2.45) is 0 Å². The highest BCUT2D eigenvalue weighted by molar-refractivity contribution is 7.18. The maximum Gasteiger partial charge on any atom is 0.290 e. The SMILES string of the molecule is O=CO.OC1CCC(Nc2nc(Cc3ccccc3)cc(Cc3nc4ccc(-c5ccncc5)cc4s3)n2)CC1. The Morgan fingerprint density at radius 2 is 1.55 bits per heavy atom. The first kappa shape index (κ1) is 27.4. The Hall–Kier alpha value is -4.21. The highest BCUT2D eigenvalue weighted by atomic mass is 32.1. The van der Waals surface area contributed by atoms with Crippen LogP contribution in [0.3, 0.4) is 0 Å². The lowest BCUT2D eigenvalue weighted by Crippen LogP contribution is -2.29. The molecule has 204 valence electrons. The van der Waals surface area contributed by atoms with Gasteiger partial charge in [0.1, 0.15) is 0 Å². The van der Waals surface area contributed by atoms with Crippen LogP contribution in [0, 0.1) is 0 Å². The first-order valence-corrected chi connectivity index (χ1v) is 14.1. The molecular weight excluding hydrogens is 522 g/mol. The van der Waals surface area contributed by atoms with Gasteiger partial charge in [0.15, 0.2) is 0 Å². The van der Waals surface area contributed by atoms with Crippen molar-refractivity contribution < 1.29 is 15.0 Å². The molecule has 0 amide bonds. The third-order valence-electron chi connectivity index (χ3n) is 6.87. The van der Waals surface area contributed by atoms with E-state index in [1.165, 1.54) is 15.8 Å². The minimum atomic E-state index is -0.250. The van der Waals surface area contributed by atoms with Crippen molar-refractivity contribution >= 4 is 34.0 Å². The van der Waals surface area contributed by atoms with E-state index in [2.05, 4.69) is 58.8 Å². The summed E-state index contributed by atoms with van der Waals surface area (Å²) in [6.07, 6.45) is 8.37. The highest BCUT2D eigenvalue weighted by Gasteiger charge is 2.20. The lowest BCUT2D eigenvalue weighted by Gasteiger charge is -2.26. The number of hydrogen-bond acceptors (Lipinski definition) is 8. The number of carbonyl (C=O) groups is 1. The standard InChI is InChI=1S/C30H29N5OS.CH2O2/c36-26-9-7-23(8-10-26)32-30-33-24(16-20-4-2-1-3-5-20)18-25(34-30)19-29-35-27-11-6-22(17-28(27)37-29)21-12-14-31-15-13-21;2-1-3/h1-6,11-15,17-18,23,26,36H,7-10,16,19H2,(H,32,33,34);1H,(H,2,3). The number of nitrogens with one attached hydrogen (secondary N) is 1. The minimum absolute atomic E-state index is 0.183. The van der Waals surface area contributed by atoms with Crippen molar-refractivity contribution in [2.75, 3.05) is 5.32 Å². The summed E-state index contributed by atoms with van der Waals surface area (Å²) < 4.78 is 1.17. The molecule has 0 saturated heterocycles. The Labute approximate surface area is 236 Å². The van der Waals surface area contributed by atoms with Crippen molar-refractivity contribution in [1.82, 2.24) is 19.9 Å². The molecule has 9 heteroatoms. The van der Waals surface area contributed by atoms with Gasteiger partial charge in [-0.1, -0.05) is 36.4 Å². The number of fused-ring (bicyclic) bond motifs is 1. The van der Waals surface area contributed by atoms with Crippen LogP contribution in [0.5, 0.6) is 0 Å². The van der Waals surface area contributed by atoms with Crippen molar-refractivity contribution in [1.29, 1.82) is 0 Å². The molecule has 8 nitrogen and oxygen atoms in total. The van der Waals surface area contributed by atoms with Crippen molar-refractivity contribution in [2.45, 2.75) is 50.7 Å². The number of carboxylic acid groups (broad SMARTS) is 1. The molecule has 3 aromatic heterocycles. The number of aliphatic hydroxyl groups excluding tert-OH is 1. The number of hydrogen-bond donors (Lipinski definition) is 3. The fraction of sp³-hybridized carbons (Fsp3) is 0.258. The second kappa shape index (κ2) is 13.2. The second-order valence-corrected chi connectivity index (χ2v) is 10.9. The summed E-state index contributed by atoms with van der Waals surface area (Å²) in [6.45, 7) is -0.250. The molecule has 3 heterocycles. The molecule has 40 heavy (non-hydrogen) atoms. The van der Waals surface area contributed by atoms with Gasteiger partial charge in [0, 0.05) is 31.3 Å². The molecule has 0 atom stereocenters. The fourth-order valence-electron chi connectivity index (χ4n) is 4.93. The number of pyridine rings is 1. The first-order chi connectivity index (χ1) is 19.6. The number of rotatable bonds is 7. The highest BCUT2D eigenvalue weighted by Crippen LogP contribution is 2.29. The van der Waals surface area contributed by atoms with Crippen LogP contribution in [0.15, 0.2) is 79.1 Å². The zero-order valence-corrected chi connectivity index (χ0v) is 22.8. The Morgan fingerprint density at radius 1 is 0.850 bits per heavy atom. The number of aromatic nitrogens is 4. The lowest BCUT2D eigenvalue weighted by atomic mass is 9.93. The van der Waals surface area contributed by atoms with Crippen molar-refractivity contribution in [3.63, 3.8) is 0 Å². The van der Waals surface area contributed by atoms with E-state index in [0.717, 1.165) is 59.6 Å². The van der Waals surface area contributed by atoms with Crippen LogP contribution in [-0.4, -0.2) is 48.8 Å². The average Bonchev–Trinajstić information content (AvgIpc) is 3.37. The quantitative estimate of drug-likeness (QED) is 0.218. The molecule has 3 N–H and O–H groups in total. The third-order valence-corrected chi connectivity index (χ3v) is 7.89. The molecule has 0 unspecified atom stereocenters. The van der Waals surface area contributed by atoms with Crippen LogP contribution in [0.25, 0.3) is 21.3 Å². The molecule has 1 aliphatic carbocycles. The number of thiazole rings is 1. The third kappa shape index (κ3) is 7.25. The molecule has 1 saturated carbocycles. The molecule has 0 spiro atoms. The Kier molecular flexibility index (Phi) is 9.05. The lowest BCUT2D eigenvalue weighted by molar-refractivity contribution is -0.122. The van der Waals surface area contributed by atoms with E-state index in [9.17, 15) is 5.11 Å². The summed E-state index contributed by atoms with van der Waals surface area (Å²) in [5.41, 5.74) is 6.52. The topological polar surface area (TPSA) is 121 Å². The van der Waals surface area contributed by atoms with Gasteiger partial charge >= 0.3 is 0 Å². The summed E-state index contributed by atoms with van der Waals surface area (Å²) in [5, 5.41) is 21.4. The summed E-state index contributed by atoms with van der Waals surface area (Å²) in [6, 6.07) is 23.3. The monoisotopic (exact) mass is 553 g/mol. The smallest absolute Gasteiger partial charge is 0.290 e. The molecule has 1 fully saturated rings. The Morgan fingerprint density at radius 3 is 2.27 bits per heavy atom. The van der Waals surface area contributed by atoms with E-state index in [4.69, 9.17) is 24.9 Å². The maximum absolute atomic E-state index is 9.88. The van der Waals surface area contributed by atoms with Gasteiger partial charge in [-0.05, 0) is 72.7 Å². The van der Waals surface area contributed by atoms with Crippen LogP contribution in [-0.2, 0) is 17.6 Å². The summed E-state index contributed by atoms with van der Waals surface area (Å²) in [7, 11) is 0. The van der Waals surface area contributed by atoms with Gasteiger partial charge in [-0.2, -0.15) is 0 Å². The summed E-state index contributed by atoms with van der Waals surface area (Å²) >= 11 is 1.72. The van der Waals surface area contributed by atoms with Crippen LogP contribution in [0.1, 0.15) is 47.6 Å². The summed E-state index contributed by atoms with van der Waals surface area (Å²) in [5.74, 6) is 0.672. The van der Waals surface area contributed by atoms with E-state index >= 15 is 0 Å². The molecule has 6 rings (SSSR count). The van der Waals surface area contributed by atoms with Gasteiger partial charge in [-0.15, -0.1) is 11.3 Å². The van der Waals surface area contributed by atoms with Gasteiger partial charge in [-0.3, -0.25) is 9.78 Å². The Bertz CT molecular complexity index is 1540. The van der Waals surface area contributed by atoms with Crippen LogP contribution >= 0.6 is 11.3 Å². The van der Waals surface area contributed by atoms with Crippen LogP contribution in [0.2, 0.25) is 0 Å². The zero-order valence-electron chi connectivity index (χ0n) is 22.0. The van der Waals surface area contributed by atoms with Crippen molar-refractivity contribution in [3.8, 4) is 11.1 Å². The minimum Gasteiger partial charge on any atom is -0.483 e. The van der Waals surface area contributed by atoms with Gasteiger partial charge in [0.2, 0.25) is 5.95 Å². The van der Waals surface area contributed by atoms with E-state index < -0.39 is 0 Å². The van der Waals surface area contributed by atoms with Crippen LogP contribution in [0.4, 0.5) is 5.95 Å². The normalized spacial score (nSPS) is 16.6. The molecule has 0 bridgehead atoms. The molecule has 0 radical (unpaired) electrons. The number of anilines is 1. The number of benzene rings is 2. The van der Waals surface area contributed by atoms with E-state index in [-0.39, 0.29) is 18.6 Å². The largest absolute Gasteiger partial charge is 0.483 e. The van der Waals surface area contributed by atoms with Gasteiger partial charge in [-0.25, -0.2) is 15.0 Å². The van der Waals surface area contributed by atoms with Gasteiger partial charge in [0.05, 0.1) is 32.7 Å². The molecule has 2 aromatic carbocycles. The summed E-state index contributed by atoms with van der Waals surface area (Å²) in [4.78, 5) is 27.2.